The first kappa shape index (κ1) is 45.1. The number of rotatable bonds is 0. The first-order valence-electron chi connectivity index (χ1n) is 0. The molecule has 0 rings (SSSR count). The number of halogens is 3. The van der Waals surface area contributed by atoms with E-state index >= 15 is 0 Å². The minimum atomic E-state index is 0. The summed E-state index contributed by atoms with van der Waals surface area (Å²) in [7, 11) is 0. The maximum atomic E-state index is 0. The van der Waals surface area contributed by atoms with Crippen LogP contribution in [0.2, 0.25) is 0 Å². The third-order valence-electron chi connectivity index (χ3n) is 0. The quantitative estimate of drug-likeness (QED) is 0.386. The molecule has 0 aromatic carbocycles. The van der Waals surface area contributed by atoms with Gasteiger partial charge in [0.25, 0.3) is 0 Å². The topological polar surface area (TPSA) is 0 Å². The summed E-state index contributed by atoms with van der Waals surface area (Å²) >= 11 is 0. The van der Waals surface area contributed by atoms with Gasteiger partial charge in [-0.3, -0.25) is 0 Å². The van der Waals surface area contributed by atoms with Crippen LogP contribution < -0.4 is 50.9 Å². The Morgan fingerprint density at radius 2 is 0.400 bits per heavy atom. The van der Waals surface area contributed by atoms with Gasteiger partial charge in [-0.05, 0) is 0 Å². The Hall–Kier alpha value is 2.87. The standard InChI is InChI=1S/3BrH.2Ti/h3*1H;;/q;;;2*+4/p-3. The monoisotopic (exact) mass is 333 g/mol. The molecule has 0 nitrogen and oxygen atoms in total. The van der Waals surface area contributed by atoms with Gasteiger partial charge in [0.05, 0.1) is 0 Å². The summed E-state index contributed by atoms with van der Waals surface area (Å²) in [4.78, 5) is 0. The van der Waals surface area contributed by atoms with Crippen LogP contribution in [-0.4, -0.2) is 0 Å². The zero-order valence-electron chi connectivity index (χ0n) is 2.13. The molecule has 0 aliphatic carbocycles. The Morgan fingerprint density at radius 1 is 0.400 bits per heavy atom. The summed E-state index contributed by atoms with van der Waals surface area (Å²) in [6.07, 6.45) is 0. The Balaban J connectivity index is 0. The van der Waals surface area contributed by atoms with E-state index < -0.39 is 0 Å². The van der Waals surface area contributed by atoms with Crippen molar-refractivity contribution in [1.82, 2.24) is 0 Å². The summed E-state index contributed by atoms with van der Waals surface area (Å²) in [5.74, 6) is 0. The molecule has 5 heteroatoms. The first-order chi connectivity index (χ1) is 0. The molecule has 24 valence electrons. The predicted octanol–water partition coefficient (Wildman–Crippen LogP) is -8.99. The van der Waals surface area contributed by atoms with Gasteiger partial charge in [-0.2, -0.15) is 0 Å². The van der Waals surface area contributed by atoms with Crippen molar-refractivity contribution in [2.45, 2.75) is 0 Å². The zero-order chi connectivity index (χ0) is 0. The Kier molecular flexibility index (Phi) is 259. The van der Waals surface area contributed by atoms with Crippen LogP contribution in [0.15, 0.2) is 0 Å². The molecule has 0 amide bonds. The first-order valence-corrected chi connectivity index (χ1v) is 0. The molecule has 0 aromatic rings. The average molecular weight is 335 g/mol. The second kappa shape index (κ2) is 28.7. The molecule has 0 heterocycles. The molecule has 0 fully saturated rings. The van der Waals surface area contributed by atoms with Gasteiger partial charge in [0.1, 0.15) is 0 Å². The van der Waals surface area contributed by atoms with Gasteiger partial charge in [0.2, 0.25) is 0 Å². The second-order valence-electron chi connectivity index (χ2n) is 0. The minimum absolute atomic E-state index is 0. The van der Waals surface area contributed by atoms with Crippen LogP contribution in [0.3, 0.4) is 0 Å². The molecular weight excluding hydrogens is 335 g/mol. The molecule has 0 N–H and O–H groups in total. The summed E-state index contributed by atoms with van der Waals surface area (Å²) in [6, 6.07) is 0. The molecule has 0 atom stereocenters. The molecule has 0 bridgehead atoms. The van der Waals surface area contributed by atoms with Crippen molar-refractivity contribution in [3.8, 4) is 0 Å². The average Bonchev–Trinajstić information content (AvgIpc) is 0. The fourth-order valence-corrected chi connectivity index (χ4v) is 0. The molecule has 0 aliphatic heterocycles. The van der Waals surface area contributed by atoms with Crippen molar-refractivity contribution in [2.75, 3.05) is 0 Å². The maximum absolute atomic E-state index is 0. The van der Waals surface area contributed by atoms with E-state index in [1.165, 1.54) is 0 Å². The van der Waals surface area contributed by atoms with Crippen molar-refractivity contribution in [2.24, 2.45) is 0 Å². The Bertz CT molecular complexity index is 4.85. The second-order valence-corrected chi connectivity index (χ2v) is 0. The van der Waals surface area contributed by atoms with Crippen LogP contribution in [0.5, 0.6) is 0 Å². The molecule has 0 saturated carbocycles. The largest absolute Gasteiger partial charge is 4.00 e. The van der Waals surface area contributed by atoms with Crippen molar-refractivity contribution in [1.29, 1.82) is 0 Å². The Morgan fingerprint density at radius 3 is 0.400 bits per heavy atom. The minimum Gasteiger partial charge on any atom is -1.00 e. The summed E-state index contributed by atoms with van der Waals surface area (Å²) < 4.78 is 0. The van der Waals surface area contributed by atoms with Crippen molar-refractivity contribution in [3.63, 3.8) is 0 Å². The van der Waals surface area contributed by atoms with Crippen LogP contribution in [0.1, 0.15) is 0 Å². The number of hydrogen-bond donors (Lipinski definition) is 0. The third-order valence-corrected chi connectivity index (χ3v) is 0. The van der Waals surface area contributed by atoms with E-state index in [-0.39, 0.29) is 94.4 Å². The smallest absolute Gasteiger partial charge is 1.00 e. The molecule has 0 aromatic heterocycles. The fourth-order valence-electron chi connectivity index (χ4n) is 0. The van der Waals surface area contributed by atoms with Crippen LogP contribution in [0, 0.1) is 0 Å². The number of hydrogen-bond acceptors (Lipinski definition) is 0. The molecule has 0 radical (unpaired) electrons. The zero-order valence-corrected chi connectivity index (χ0v) is 10.0. The van der Waals surface area contributed by atoms with Gasteiger partial charge in [-0.1, -0.05) is 0 Å². The van der Waals surface area contributed by atoms with E-state index in [1.54, 1.807) is 0 Å². The van der Waals surface area contributed by atoms with Crippen molar-refractivity contribution >= 4 is 0 Å². The summed E-state index contributed by atoms with van der Waals surface area (Å²) in [5.41, 5.74) is 0. The van der Waals surface area contributed by atoms with Gasteiger partial charge in [0, 0.05) is 0 Å². The van der Waals surface area contributed by atoms with Gasteiger partial charge in [0.15, 0.2) is 0 Å². The Labute approximate surface area is 92.9 Å². The summed E-state index contributed by atoms with van der Waals surface area (Å²) in [5, 5.41) is 0. The van der Waals surface area contributed by atoms with Crippen molar-refractivity contribution in [3.05, 3.63) is 0 Å². The van der Waals surface area contributed by atoms with E-state index in [4.69, 9.17) is 0 Å². The normalized spacial score (nSPS) is 0. The van der Waals surface area contributed by atoms with E-state index in [1.807, 2.05) is 0 Å². The van der Waals surface area contributed by atoms with E-state index in [0.29, 0.717) is 0 Å². The fraction of sp³-hybridized carbons (Fsp3) is 0. The van der Waals surface area contributed by atoms with Gasteiger partial charge >= 0.3 is 43.4 Å². The molecule has 0 unspecified atom stereocenters. The predicted molar refractivity (Wildman–Crippen MR) is 0 cm³/mol. The molecule has 0 saturated heterocycles. The molecule has 0 spiro atoms. The van der Waals surface area contributed by atoms with Crippen LogP contribution in [-0.2, 0) is 43.4 Å². The molecule has 5 heavy (non-hydrogen) atoms. The maximum Gasteiger partial charge on any atom is 4.00 e. The van der Waals surface area contributed by atoms with E-state index in [2.05, 4.69) is 0 Å². The molecule has 0 aliphatic rings. The van der Waals surface area contributed by atoms with Gasteiger partial charge < -0.3 is 50.9 Å². The van der Waals surface area contributed by atoms with Crippen LogP contribution in [0.25, 0.3) is 0 Å². The van der Waals surface area contributed by atoms with E-state index in [9.17, 15) is 0 Å². The SMILES string of the molecule is [Br-].[Br-].[Br-].[Ti+4].[Ti+4]. The van der Waals surface area contributed by atoms with Crippen molar-refractivity contribution < 1.29 is 94.4 Å². The van der Waals surface area contributed by atoms with Gasteiger partial charge in [-0.15, -0.1) is 0 Å². The van der Waals surface area contributed by atoms with Gasteiger partial charge in [-0.25, -0.2) is 0 Å². The van der Waals surface area contributed by atoms with Crippen LogP contribution in [0.4, 0.5) is 0 Å². The van der Waals surface area contributed by atoms with E-state index in [0.717, 1.165) is 0 Å². The summed E-state index contributed by atoms with van der Waals surface area (Å²) in [6.45, 7) is 0. The van der Waals surface area contributed by atoms with Crippen LogP contribution >= 0.6 is 0 Å². The third kappa shape index (κ3) is 19.8. The molecular formula is Br3Ti2+5.